The number of benzene rings is 3. The lowest BCUT2D eigenvalue weighted by Crippen LogP contribution is -2.01. The van der Waals surface area contributed by atoms with Crippen molar-refractivity contribution in [1.82, 2.24) is 4.98 Å². The molecular formula is C24H17NO. The number of rotatable bonds is 0. The Morgan fingerprint density at radius 1 is 0.769 bits per heavy atom. The van der Waals surface area contributed by atoms with Gasteiger partial charge in [-0.05, 0) is 30.4 Å². The van der Waals surface area contributed by atoms with Crippen molar-refractivity contribution >= 4 is 27.2 Å². The van der Waals surface area contributed by atoms with Crippen LogP contribution in [0.3, 0.4) is 0 Å². The van der Waals surface area contributed by atoms with E-state index in [1.807, 2.05) is 6.07 Å². The van der Waals surface area contributed by atoms with Crippen LogP contribution in [0.5, 0.6) is 5.75 Å². The zero-order chi connectivity index (χ0) is 17.1. The minimum atomic E-state index is 0.930. The first-order valence-corrected chi connectivity index (χ1v) is 9.12. The molecule has 0 amide bonds. The van der Waals surface area contributed by atoms with Crippen LogP contribution in [0.15, 0.2) is 78.6 Å². The van der Waals surface area contributed by atoms with E-state index in [0.29, 0.717) is 0 Å². The monoisotopic (exact) mass is 335 g/mol. The molecule has 1 aliphatic heterocycles. The van der Waals surface area contributed by atoms with E-state index in [2.05, 4.69) is 71.7 Å². The van der Waals surface area contributed by atoms with Crippen molar-refractivity contribution in [2.75, 3.05) is 0 Å². The summed E-state index contributed by atoms with van der Waals surface area (Å²) in [5.74, 6) is 1.90. The number of ether oxygens (including phenoxy) is 1. The number of fused-ring (bicyclic) bond motifs is 9. The largest absolute Gasteiger partial charge is 0.456 e. The molecule has 0 saturated carbocycles. The molecule has 0 spiro atoms. The fraction of sp³-hybridized carbons (Fsp3) is 0.0833. The van der Waals surface area contributed by atoms with E-state index in [9.17, 15) is 0 Å². The van der Waals surface area contributed by atoms with Crippen LogP contribution in [0.2, 0.25) is 0 Å². The van der Waals surface area contributed by atoms with E-state index in [0.717, 1.165) is 29.9 Å². The van der Waals surface area contributed by atoms with Gasteiger partial charge < -0.3 is 9.72 Å². The topological polar surface area (TPSA) is 25.0 Å². The second kappa shape index (κ2) is 5.12. The number of nitrogens with one attached hydrogen (secondary N) is 1. The molecule has 124 valence electrons. The molecule has 0 saturated heterocycles. The summed E-state index contributed by atoms with van der Waals surface area (Å²) in [5.41, 5.74) is 5.96. The van der Waals surface area contributed by atoms with Crippen LogP contribution < -0.4 is 4.74 Å². The maximum absolute atomic E-state index is 6.31. The molecule has 0 fully saturated rings. The first kappa shape index (κ1) is 14.0. The van der Waals surface area contributed by atoms with E-state index in [-0.39, 0.29) is 0 Å². The quantitative estimate of drug-likeness (QED) is 0.393. The molecule has 2 nitrogen and oxygen atoms in total. The summed E-state index contributed by atoms with van der Waals surface area (Å²) in [6.07, 6.45) is 6.59. The summed E-state index contributed by atoms with van der Waals surface area (Å²) in [7, 11) is 0. The predicted molar refractivity (Wildman–Crippen MR) is 107 cm³/mol. The lowest BCUT2D eigenvalue weighted by molar-refractivity contribution is 0.447. The molecule has 0 bridgehead atoms. The van der Waals surface area contributed by atoms with Gasteiger partial charge in [-0.1, -0.05) is 60.7 Å². The van der Waals surface area contributed by atoms with Gasteiger partial charge in [-0.15, -0.1) is 0 Å². The minimum Gasteiger partial charge on any atom is -0.456 e. The van der Waals surface area contributed by atoms with Crippen LogP contribution in [0.25, 0.3) is 38.4 Å². The van der Waals surface area contributed by atoms with Crippen molar-refractivity contribution in [3.8, 4) is 16.9 Å². The molecule has 0 atom stereocenters. The summed E-state index contributed by atoms with van der Waals surface area (Å²) in [6, 6.07) is 21.4. The van der Waals surface area contributed by atoms with Gasteiger partial charge in [-0.25, -0.2) is 0 Å². The average Bonchev–Trinajstić information content (AvgIpc) is 3.02. The van der Waals surface area contributed by atoms with Crippen molar-refractivity contribution < 1.29 is 4.74 Å². The third kappa shape index (κ3) is 1.81. The molecular weight excluding hydrogens is 318 g/mol. The Morgan fingerprint density at radius 2 is 1.62 bits per heavy atom. The Kier molecular flexibility index (Phi) is 2.75. The summed E-state index contributed by atoms with van der Waals surface area (Å²) < 4.78 is 6.31. The van der Waals surface area contributed by atoms with Crippen LogP contribution in [0.4, 0.5) is 0 Å². The Morgan fingerprint density at radius 3 is 2.62 bits per heavy atom. The maximum Gasteiger partial charge on any atom is 0.135 e. The van der Waals surface area contributed by atoms with E-state index in [1.165, 1.54) is 38.5 Å². The highest BCUT2D eigenvalue weighted by atomic mass is 16.5. The maximum atomic E-state index is 6.31. The minimum absolute atomic E-state index is 0.930. The second-order valence-corrected chi connectivity index (χ2v) is 6.95. The Hall–Kier alpha value is -3.26. The van der Waals surface area contributed by atoms with Gasteiger partial charge in [0, 0.05) is 27.5 Å². The smallest absolute Gasteiger partial charge is 0.135 e. The van der Waals surface area contributed by atoms with Crippen LogP contribution in [-0.2, 0) is 0 Å². The number of aromatic nitrogens is 1. The molecule has 6 rings (SSSR count). The molecule has 2 aliphatic rings. The highest BCUT2D eigenvalue weighted by Crippen LogP contribution is 2.47. The first-order valence-electron chi connectivity index (χ1n) is 9.12. The van der Waals surface area contributed by atoms with Gasteiger partial charge in [0.15, 0.2) is 0 Å². The normalized spacial score (nSPS) is 15.4. The number of allylic oxidation sites excluding steroid dienone is 3. The van der Waals surface area contributed by atoms with Crippen molar-refractivity contribution in [3.05, 3.63) is 84.3 Å². The summed E-state index contributed by atoms with van der Waals surface area (Å²) in [4.78, 5) is 3.75. The standard InChI is InChI=1S/C24H17NO/c1-2-8-16-15(7-1)13-14-19-22-17-9-3-5-11-20(17)26-21-12-6-4-10-18(21)24(22)25-23(16)19/h1-3,5,7-14,25H,4,6H2. The van der Waals surface area contributed by atoms with E-state index < -0.39 is 0 Å². The van der Waals surface area contributed by atoms with Crippen LogP contribution in [0.1, 0.15) is 18.5 Å². The van der Waals surface area contributed by atoms with Crippen molar-refractivity contribution in [3.63, 3.8) is 0 Å². The number of H-pyrrole nitrogens is 1. The summed E-state index contributed by atoms with van der Waals surface area (Å²) in [5, 5.41) is 3.77. The molecule has 0 unspecified atom stereocenters. The third-order valence-electron chi connectivity index (χ3n) is 5.45. The summed E-state index contributed by atoms with van der Waals surface area (Å²) >= 11 is 0. The fourth-order valence-corrected chi connectivity index (χ4v) is 4.27. The fourth-order valence-electron chi connectivity index (χ4n) is 4.27. The molecule has 2 heterocycles. The molecule has 1 aliphatic carbocycles. The first-order chi connectivity index (χ1) is 12.9. The van der Waals surface area contributed by atoms with E-state index >= 15 is 0 Å². The van der Waals surface area contributed by atoms with Crippen LogP contribution >= 0.6 is 0 Å². The Bertz CT molecular complexity index is 1260. The highest BCUT2D eigenvalue weighted by Gasteiger charge is 2.27. The van der Waals surface area contributed by atoms with Gasteiger partial charge in [-0.2, -0.15) is 0 Å². The SMILES string of the molecule is C1=C2Oc3ccccc3-c3c([nH]c4c3ccc3ccccc34)C2=CCC1. The number of hydrogen-bond acceptors (Lipinski definition) is 1. The molecule has 1 N–H and O–H groups in total. The molecule has 1 aromatic heterocycles. The number of hydrogen-bond donors (Lipinski definition) is 1. The molecule has 0 radical (unpaired) electrons. The lowest BCUT2D eigenvalue weighted by atomic mass is 9.95. The predicted octanol–water partition coefficient (Wildman–Crippen LogP) is 6.44. The van der Waals surface area contributed by atoms with Crippen molar-refractivity contribution in [2.24, 2.45) is 0 Å². The number of aromatic amines is 1. The van der Waals surface area contributed by atoms with Gasteiger partial charge in [0.2, 0.25) is 0 Å². The van der Waals surface area contributed by atoms with Gasteiger partial charge in [-0.3, -0.25) is 0 Å². The zero-order valence-electron chi connectivity index (χ0n) is 14.3. The second-order valence-electron chi connectivity index (χ2n) is 6.95. The Labute approximate surface area is 151 Å². The number of para-hydroxylation sites is 1. The third-order valence-corrected chi connectivity index (χ3v) is 5.45. The Balaban J connectivity index is 1.81. The van der Waals surface area contributed by atoms with Gasteiger partial charge >= 0.3 is 0 Å². The van der Waals surface area contributed by atoms with Crippen LogP contribution in [-0.4, -0.2) is 4.98 Å². The molecule has 3 aromatic carbocycles. The average molecular weight is 335 g/mol. The van der Waals surface area contributed by atoms with Crippen LogP contribution in [0, 0.1) is 0 Å². The molecule has 26 heavy (non-hydrogen) atoms. The molecule has 4 aromatic rings. The molecule has 2 heteroatoms. The van der Waals surface area contributed by atoms with Gasteiger partial charge in [0.05, 0.1) is 11.2 Å². The van der Waals surface area contributed by atoms with Crippen molar-refractivity contribution in [1.29, 1.82) is 0 Å². The summed E-state index contributed by atoms with van der Waals surface area (Å²) in [6.45, 7) is 0. The van der Waals surface area contributed by atoms with Crippen molar-refractivity contribution in [2.45, 2.75) is 12.8 Å². The lowest BCUT2D eigenvalue weighted by Gasteiger charge is -2.14. The zero-order valence-corrected chi connectivity index (χ0v) is 14.3. The van der Waals surface area contributed by atoms with Gasteiger partial charge in [0.25, 0.3) is 0 Å². The highest BCUT2D eigenvalue weighted by molar-refractivity contribution is 6.14. The van der Waals surface area contributed by atoms with Gasteiger partial charge in [0.1, 0.15) is 11.5 Å². The van der Waals surface area contributed by atoms with E-state index in [4.69, 9.17) is 4.74 Å². The van der Waals surface area contributed by atoms with E-state index in [1.54, 1.807) is 0 Å².